The Labute approximate surface area is 112 Å². The summed E-state index contributed by atoms with van der Waals surface area (Å²) < 4.78 is 8.84. The summed E-state index contributed by atoms with van der Waals surface area (Å²) in [5.74, 6) is 0. The third kappa shape index (κ3) is 3.30. The van der Waals surface area contributed by atoms with Crippen LogP contribution in [0, 0.1) is 0 Å². The topological polar surface area (TPSA) is 39.1 Å². The second-order valence-corrected chi connectivity index (χ2v) is 4.72. The minimum absolute atomic E-state index is 0.164. The second-order valence-electron chi connectivity index (χ2n) is 3.86. The van der Waals surface area contributed by atoms with Gasteiger partial charge in [0, 0.05) is 13.2 Å². The minimum atomic E-state index is 0.164. The lowest BCUT2D eigenvalue weighted by Crippen LogP contribution is -2.33. The van der Waals surface area contributed by atoms with Crippen LogP contribution in [0.5, 0.6) is 0 Å². The predicted octanol–water partition coefficient (Wildman–Crippen LogP) is 2.74. The zero-order valence-corrected chi connectivity index (χ0v) is 12.6. The molecule has 1 N–H and O–H groups in total. The zero-order valence-electron chi connectivity index (χ0n) is 11.0. The van der Waals surface area contributed by atoms with Gasteiger partial charge in [0.15, 0.2) is 0 Å². The van der Waals surface area contributed by atoms with Gasteiger partial charge in [0.25, 0.3) is 0 Å². The molecular formula is C12H22BrN3O. The molecule has 0 saturated heterocycles. The molecule has 0 spiro atoms. The fourth-order valence-electron chi connectivity index (χ4n) is 2.10. The average Bonchev–Trinajstić information content (AvgIpc) is 2.71. The maximum atomic E-state index is 5.80. The predicted molar refractivity (Wildman–Crippen MR) is 73.1 cm³/mol. The molecule has 1 heterocycles. The van der Waals surface area contributed by atoms with E-state index in [1.807, 2.05) is 24.9 Å². The first-order valence-corrected chi connectivity index (χ1v) is 6.98. The number of aromatic nitrogens is 2. The molecule has 0 aliphatic rings. The van der Waals surface area contributed by atoms with Crippen molar-refractivity contribution in [2.24, 2.45) is 0 Å². The number of hydrogen-bond donors (Lipinski definition) is 1. The SMILES string of the molecule is CCOC(CC)C(NC)c1c(Br)cnn1CC. The van der Waals surface area contributed by atoms with E-state index in [4.69, 9.17) is 4.74 Å². The van der Waals surface area contributed by atoms with Crippen LogP contribution in [0.25, 0.3) is 0 Å². The summed E-state index contributed by atoms with van der Waals surface area (Å²) in [5, 5.41) is 7.69. The van der Waals surface area contributed by atoms with Crippen LogP contribution in [0.15, 0.2) is 10.7 Å². The first-order chi connectivity index (χ1) is 8.19. The van der Waals surface area contributed by atoms with E-state index < -0.39 is 0 Å². The number of ether oxygens (including phenoxy) is 1. The van der Waals surface area contributed by atoms with Crippen molar-refractivity contribution in [2.45, 2.75) is 45.9 Å². The van der Waals surface area contributed by atoms with E-state index in [1.54, 1.807) is 0 Å². The number of hydrogen-bond acceptors (Lipinski definition) is 3. The quantitative estimate of drug-likeness (QED) is 0.842. The molecule has 98 valence electrons. The molecule has 4 nitrogen and oxygen atoms in total. The van der Waals surface area contributed by atoms with Gasteiger partial charge in [-0.2, -0.15) is 5.10 Å². The summed E-state index contributed by atoms with van der Waals surface area (Å²) in [6.07, 6.45) is 2.99. The normalized spacial score (nSPS) is 14.9. The summed E-state index contributed by atoms with van der Waals surface area (Å²) in [7, 11) is 1.96. The zero-order chi connectivity index (χ0) is 12.8. The van der Waals surface area contributed by atoms with Crippen molar-refractivity contribution in [1.29, 1.82) is 0 Å². The van der Waals surface area contributed by atoms with Crippen molar-refractivity contribution in [3.63, 3.8) is 0 Å². The first kappa shape index (κ1) is 14.7. The molecule has 5 heteroatoms. The van der Waals surface area contributed by atoms with Crippen molar-refractivity contribution in [3.05, 3.63) is 16.4 Å². The summed E-state index contributed by atoms with van der Waals surface area (Å²) in [5.41, 5.74) is 1.16. The van der Waals surface area contributed by atoms with E-state index >= 15 is 0 Å². The van der Waals surface area contributed by atoms with Crippen LogP contribution in [0.1, 0.15) is 38.9 Å². The van der Waals surface area contributed by atoms with Gasteiger partial charge in [-0.25, -0.2) is 0 Å². The Hall–Kier alpha value is -0.390. The number of halogens is 1. The Bertz CT molecular complexity index is 340. The Kier molecular flexibility index (Phi) is 6.16. The lowest BCUT2D eigenvalue weighted by atomic mass is 10.1. The third-order valence-corrected chi connectivity index (χ3v) is 3.50. The molecule has 0 amide bonds. The van der Waals surface area contributed by atoms with Gasteiger partial charge in [0.1, 0.15) is 0 Å². The maximum absolute atomic E-state index is 5.80. The van der Waals surface area contributed by atoms with Crippen LogP contribution in [0.4, 0.5) is 0 Å². The van der Waals surface area contributed by atoms with Crippen molar-refractivity contribution in [3.8, 4) is 0 Å². The number of nitrogens with one attached hydrogen (secondary N) is 1. The van der Waals surface area contributed by atoms with E-state index in [0.717, 1.165) is 29.7 Å². The monoisotopic (exact) mass is 303 g/mol. The summed E-state index contributed by atoms with van der Waals surface area (Å²) in [6.45, 7) is 7.86. The van der Waals surface area contributed by atoms with Gasteiger partial charge in [-0.15, -0.1) is 0 Å². The van der Waals surface area contributed by atoms with E-state index in [-0.39, 0.29) is 12.1 Å². The fourth-order valence-corrected chi connectivity index (χ4v) is 2.64. The molecule has 1 aromatic rings. The molecule has 17 heavy (non-hydrogen) atoms. The van der Waals surface area contributed by atoms with Crippen LogP contribution >= 0.6 is 15.9 Å². The molecule has 0 saturated carbocycles. The van der Waals surface area contributed by atoms with E-state index in [2.05, 4.69) is 40.2 Å². The Morgan fingerprint density at radius 3 is 2.65 bits per heavy atom. The number of aryl methyl sites for hydroxylation is 1. The van der Waals surface area contributed by atoms with Crippen LogP contribution in [-0.4, -0.2) is 29.5 Å². The van der Waals surface area contributed by atoms with Gasteiger partial charge >= 0.3 is 0 Å². The highest BCUT2D eigenvalue weighted by Crippen LogP contribution is 2.28. The van der Waals surface area contributed by atoms with Gasteiger partial charge in [-0.05, 0) is 43.2 Å². The molecule has 1 aromatic heterocycles. The van der Waals surface area contributed by atoms with Gasteiger partial charge in [-0.3, -0.25) is 4.68 Å². The highest BCUT2D eigenvalue weighted by atomic mass is 79.9. The van der Waals surface area contributed by atoms with E-state index in [1.165, 1.54) is 0 Å². The minimum Gasteiger partial charge on any atom is -0.376 e. The third-order valence-electron chi connectivity index (χ3n) is 2.89. The molecular weight excluding hydrogens is 282 g/mol. The Morgan fingerprint density at radius 2 is 2.18 bits per heavy atom. The molecule has 0 aliphatic carbocycles. The van der Waals surface area contributed by atoms with Crippen LogP contribution in [-0.2, 0) is 11.3 Å². The maximum Gasteiger partial charge on any atom is 0.0782 e. The largest absolute Gasteiger partial charge is 0.376 e. The molecule has 0 radical (unpaired) electrons. The second kappa shape index (κ2) is 7.13. The number of nitrogens with zero attached hydrogens (tertiary/aromatic N) is 2. The summed E-state index contributed by atoms with van der Waals surface area (Å²) >= 11 is 3.57. The van der Waals surface area contributed by atoms with Gasteiger partial charge < -0.3 is 10.1 Å². The lowest BCUT2D eigenvalue weighted by Gasteiger charge is -2.26. The molecule has 1 rings (SSSR count). The molecule has 0 aromatic carbocycles. The number of likely N-dealkylation sites (N-methyl/N-ethyl adjacent to an activating group) is 1. The van der Waals surface area contributed by atoms with Gasteiger partial charge in [-0.1, -0.05) is 6.92 Å². The molecule has 2 unspecified atom stereocenters. The van der Waals surface area contributed by atoms with Crippen LogP contribution < -0.4 is 5.32 Å². The fraction of sp³-hybridized carbons (Fsp3) is 0.750. The summed E-state index contributed by atoms with van der Waals surface area (Å²) in [4.78, 5) is 0. The highest BCUT2D eigenvalue weighted by molar-refractivity contribution is 9.10. The van der Waals surface area contributed by atoms with Crippen LogP contribution in [0.3, 0.4) is 0 Å². The standard InChI is InChI=1S/C12H22BrN3O/c1-5-10(17-7-3)11(14-4)12-9(13)8-15-16(12)6-2/h8,10-11,14H,5-7H2,1-4H3. The van der Waals surface area contributed by atoms with Crippen molar-refractivity contribution < 1.29 is 4.74 Å². The van der Waals surface area contributed by atoms with Crippen molar-refractivity contribution in [2.75, 3.05) is 13.7 Å². The van der Waals surface area contributed by atoms with E-state index in [0.29, 0.717) is 0 Å². The summed E-state index contributed by atoms with van der Waals surface area (Å²) in [6, 6.07) is 0.164. The molecule has 2 atom stereocenters. The van der Waals surface area contributed by atoms with Gasteiger partial charge in [0.2, 0.25) is 0 Å². The Morgan fingerprint density at radius 1 is 1.47 bits per heavy atom. The molecule has 0 bridgehead atoms. The molecule has 0 aliphatic heterocycles. The van der Waals surface area contributed by atoms with Gasteiger partial charge in [0.05, 0.1) is 28.5 Å². The van der Waals surface area contributed by atoms with Crippen molar-refractivity contribution >= 4 is 15.9 Å². The molecule has 0 fully saturated rings. The Balaban J connectivity index is 3.02. The number of rotatable bonds is 7. The highest BCUT2D eigenvalue weighted by Gasteiger charge is 2.26. The first-order valence-electron chi connectivity index (χ1n) is 6.19. The lowest BCUT2D eigenvalue weighted by molar-refractivity contribution is 0.0310. The van der Waals surface area contributed by atoms with Crippen LogP contribution in [0.2, 0.25) is 0 Å². The smallest absolute Gasteiger partial charge is 0.0782 e. The van der Waals surface area contributed by atoms with E-state index in [9.17, 15) is 0 Å². The average molecular weight is 304 g/mol. The van der Waals surface area contributed by atoms with Crippen molar-refractivity contribution in [1.82, 2.24) is 15.1 Å².